The first kappa shape index (κ1) is 17.0. The maximum atomic E-state index is 12.0. The van der Waals surface area contributed by atoms with E-state index in [4.69, 9.17) is 25.6 Å². The second-order valence-electron chi connectivity index (χ2n) is 5.00. The van der Waals surface area contributed by atoms with Gasteiger partial charge in [-0.3, -0.25) is 0 Å². The van der Waals surface area contributed by atoms with E-state index in [-0.39, 0.29) is 18.1 Å². The molecule has 0 unspecified atom stereocenters. The van der Waals surface area contributed by atoms with Crippen molar-refractivity contribution >= 4 is 17.6 Å². The summed E-state index contributed by atoms with van der Waals surface area (Å²) in [4.78, 5) is 16.3. The van der Waals surface area contributed by atoms with E-state index in [1.54, 1.807) is 24.3 Å². The van der Waals surface area contributed by atoms with Crippen LogP contribution in [0.5, 0.6) is 5.75 Å². The topological polar surface area (TPSA) is 74.5 Å². The molecule has 3 aromatic rings. The highest BCUT2D eigenvalue weighted by atomic mass is 35.5. The Hall–Kier alpha value is -2.86. The van der Waals surface area contributed by atoms with Gasteiger partial charge in [-0.1, -0.05) is 41.0 Å². The largest absolute Gasteiger partial charge is 0.493 e. The minimum atomic E-state index is -0.555. The molecule has 1 heterocycles. The molecule has 0 atom stereocenters. The average Bonchev–Trinajstić information content (AvgIpc) is 3.10. The summed E-state index contributed by atoms with van der Waals surface area (Å²) in [6, 6.07) is 14.0. The summed E-state index contributed by atoms with van der Waals surface area (Å²) in [5.74, 6) is 0.653. The van der Waals surface area contributed by atoms with Gasteiger partial charge in [-0.05, 0) is 31.2 Å². The van der Waals surface area contributed by atoms with E-state index in [1.807, 2.05) is 31.2 Å². The standard InChI is InChI=1S/C18H15ClN2O4/c1-2-23-15-10-6-4-8-13(15)17-20-16(25-21-17)11-24-18(22)12-7-3-5-9-14(12)19/h3-10H,2,11H2,1H3. The van der Waals surface area contributed by atoms with Crippen LogP contribution in [0.25, 0.3) is 11.4 Å². The number of benzene rings is 2. The molecule has 2 aromatic carbocycles. The van der Waals surface area contributed by atoms with Gasteiger partial charge in [-0.2, -0.15) is 4.98 Å². The van der Waals surface area contributed by atoms with E-state index in [1.165, 1.54) is 0 Å². The predicted octanol–water partition coefficient (Wildman–Crippen LogP) is 4.15. The number of carbonyl (C=O) groups is 1. The van der Waals surface area contributed by atoms with E-state index >= 15 is 0 Å². The SMILES string of the molecule is CCOc1ccccc1-c1noc(COC(=O)c2ccccc2Cl)n1. The van der Waals surface area contributed by atoms with Gasteiger partial charge < -0.3 is 14.0 Å². The van der Waals surface area contributed by atoms with Crippen molar-refractivity contribution in [1.82, 2.24) is 10.1 Å². The Morgan fingerprint density at radius 2 is 1.92 bits per heavy atom. The summed E-state index contributed by atoms with van der Waals surface area (Å²) >= 11 is 5.97. The van der Waals surface area contributed by atoms with Gasteiger partial charge in [0.15, 0.2) is 6.61 Å². The Labute approximate surface area is 149 Å². The lowest BCUT2D eigenvalue weighted by atomic mass is 10.2. The first-order valence-corrected chi connectivity index (χ1v) is 8.03. The maximum absolute atomic E-state index is 12.0. The number of hydrogen-bond donors (Lipinski definition) is 0. The average molecular weight is 359 g/mol. The molecule has 0 aliphatic heterocycles. The predicted molar refractivity (Wildman–Crippen MR) is 91.5 cm³/mol. The van der Waals surface area contributed by atoms with Gasteiger partial charge in [0, 0.05) is 0 Å². The molecule has 0 saturated heterocycles. The molecule has 25 heavy (non-hydrogen) atoms. The second kappa shape index (κ2) is 7.81. The molecule has 0 amide bonds. The van der Waals surface area contributed by atoms with Crippen molar-refractivity contribution in [2.45, 2.75) is 13.5 Å². The Bertz CT molecular complexity index is 879. The first-order chi connectivity index (χ1) is 12.2. The van der Waals surface area contributed by atoms with Crippen molar-refractivity contribution in [2.75, 3.05) is 6.61 Å². The van der Waals surface area contributed by atoms with Crippen molar-refractivity contribution in [2.24, 2.45) is 0 Å². The third kappa shape index (κ3) is 3.97. The van der Waals surface area contributed by atoms with Crippen LogP contribution in [0, 0.1) is 0 Å². The fraction of sp³-hybridized carbons (Fsp3) is 0.167. The van der Waals surface area contributed by atoms with Crippen molar-refractivity contribution < 1.29 is 18.8 Å². The van der Waals surface area contributed by atoms with Crippen molar-refractivity contribution in [3.63, 3.8) is 0 Å². The quantitative estimate of drug-likeness (QED) is 0.616. The van der Waals surface area contributed by atoms with Crippen LogP contribution in [0.3, 0.4) is 0 Å². The smallest absolute Gasteiger partial charge is 0.340 e. The Morgan fingerprint density at radius 1 is 1.16 bits per heavy atom. The normalized spacial score (nSPS) is 10.5. The third-order valence-electron chi connectivity index (χ3n) is 3.32. The number of ether oxygens (including phenoxy) is 2. The van der Waals surface area contributed by atoms with Crippen LogP contribution in [0.15, 0.2) is 53.1 Å². The minimum absolute atomic E-state index is 0.145. The zero-order chi connectivity index (χ0) is 17.6. The Kier molecular flexibility index (Phi) is 5.30. The summed E-state index contributed by atoms with van der Waals surface area (Å²) in [5, 5.41) is 4.24. The minimum Gasteiger partial charge on any atom is -0.493 e. The van der Waals surface area contributed by atoms with Crippen LogP contribution in [-0.4, -0.2) is 22.7 Å². The summed E-state index contributed by atoms with van der Waals surface area (Å²) < 4.78 is 15.9. The van der Waals surface area contributed by atoms with Gasteiger partial charge >= 0.3 is 5.97 Å². The number of carbonyl (C=O) groups excluding carboxylic acids is 1. The van der Waals surface area contributed by atoms with E-state index in [0.29, 0.717) is 28.8 Å². The van der Waals surface area contributed by atoms with Gasteiger partial charge in [0.1, 0.15) is 5.75 Å². The van der Waals surface area contributed by atoms with E-state index in [2.05, 4.69) is 10.1 Å². The number of aromatic nitrogens is 2. The van der Waals surface area contributed by atoms with Gasteiger partial charge in [0.25, 0.3) is 5.89 Å². The third-order valence-corrected chi connectivity index (χ3v) is 3.65. The summed E-state index contributed by atoms with van der Waals surface area (Å²) in [6.45, 7) is 2.28. The first-order valence-electron chi connectivity index (χ1n) is 7.65. The monoisotopic (exact) mass is 358 g/mol. The van der Waals surface area contributed by atoms with E-state index in [0.717, 1.165) is 0 Å². The zero-order valence-corrected chi connectivity index (χ0v) is 14.2. The number of hydrogen-bond acceptors (Lipinski definition) is 6. The highest BCUT2D eigenvalue weighted by Crippen LogP contribution is 2.27. The van der Waals surface area contributed by atoms with Crippen LogP contribution < -0.4 is 4.74 Å². The van der Waals surface area contributed by atoms with Crippen molar-refractivity contribution in [1.29, 1.82) is 0 Å². The molecule has 3 rings (SSSR count). The maximum Gasteiger partial charge on any atom is 0.340 e. The van der Waals surface area contributed by atoms with Crippen LogP contribution >= 0.6 is 11.6 Å². The summed E-state index contributed by atoms with van der Waals surface area (Å²) in [6.07, 6.45) is 0. The zero-order valence-electron chi connectivity index (χ0n) is 13.4. The lowest BCUT2D eigenvalue weighted by Crippen LogP contribution is -2.06. The molecular formula is C18H15ClN2O4. The van der Waals surface area contributed by atoms with Gasteiger partial charge in [0.05, 0.1) is 22.8 Å². The van der Waals surface area contributed by atoms with Crippen LogP contribution in [0.2, 0.25) is 5.02 Å². The highest BCUT2D eigenvalue weighted by Gasteiger charge is 2.16. The van der Waals surface area contributed by atoms with Crippen molar-refractivity contribution in [3.05, 3.63) is 65.0 Å². The molecular weight excluding hydrogens is 344 g/mol. The fourth-order valence-electron chi connectivity index (χ4n) is 2.19. The highest BCUT2D eigenvalue weighted by molar-refractivity contribution is 6.33. The number of para-hydroxylation sites is 1. The molecule has 0 aliphatic carbocycles. The number of nitrogens with zero attached hydrogens (tertiary/aromatic N) is 2. The van der Waals surface area contributed by atoms with Gasteiger partial charge in [-0.15, -0.1) is 0 Å². The van der Waals surface area contributed by atoms with Crippen LogP contribution in [0.4, 0.5) is 0 Å². The second-order valence-corrected chi connectivity index (χ2v) is 5.40. The van der Waals surface area contributed by atoms with E-state index < -0.39 is 5.97 Å². The van der Waals surface area contributed by atoms with E-state index in [9.17, 15) is 4.79 Å². The van der Waals surface area contributed by atoms with Gasteiger partial charge in [-0.25, -0.2) is 4.79 Å². The molecule has 0 N–H and O–H groups in total. The number of rotatable bonds is 6. The molecule has 0 fully saturated rings. The molecule has 0 saturated carbocycles. The molecule has 0 aliphatic rings. The molecule has 7 heteroatoms. The summed E-state index contributed by atoms with van der Waals surface area (Å²) in [7, 11) is 0. The molecule has 1 aromatic heterocycles. The molecule has 0 spiro atoms. The Morgan fingerprint density at radius 3 is 2.72 bits per heavy atom. The van der Waals surface area contributed by atoms with Crippen LogP contribution in [0.1, 0.15) is 23.2 Å². The lowest BCUT2D eigenvalue weighted by molar-refractivity contribution is 0.0430. The number of esters is 1. The van der Waals surface area contributed by atoms with Crippen molar-refractivity contribution in [3.8, 4) is 17.1 Å². The summed E-state index contributed by atoms with van der Waals surface area (Å²) in [5.41, 5.74) is 0.988. The number of halogens is 1. The van der Waals surface area contributed by atoms with Gasteiger partial charge in [0.2, 0.25) is 5.82 Å². The molecule has 6 nitrogen and oxygen atoms in total. The molecule has 0 radical (unpaired) electrons. The molecule has 128 valence electrons. The Balaban J connectivity index is 1.70. The van der Waals surface area contributed by atoms with Crippen LogP contribution in [-0.2, 0) is 11.3 Å². The molecule has 0 bridgehead atoms. The lowest BCUT2D eigenvalue weighted by Gasteiger charge is -2.06. The fourth-order valence-corrected chi connectivity index (χ4v) is 2.40.